The minimum absolute atomic E-state index is 0.150. The summed E-state index contributed by atoms with van der Waals surface area (Å²) in [5.41, 5.74) is 4.53. The van der Waals surface area contributed by atoms with Crippen LogP contribution in [0, 0.1) is 20.8 Å². The van der Waals surface area contributed by atoms with Crippen molar-refractivity contribution in [1.29, 1.82) is 0 Å². The first kappa shape index (κ1) is 21.9. The van der Waals surface area contributed by atoms with Crippen LogP contribution in [-0.4, -0.2) is 14.4 Å². The van der Waals surface area contributed by atoms with E-state index in [1.807, 2.05) is 32.0 Å². The third-order valence-corrected chi connectivity index (χ3v) is 6.89. The smallest absolute Gasteiger partial charge is 0.308 e. The number of rotatable bonds is 5. The van der Waals surface area contributed by atoms with Gasteiger partial charge in [-0.1, -0.05) is 35.9 Å². The summed E-state index contributed by atoms with van der Waals surface area (Å²) in [7, 11) is -3.60. The number of nitrogens with one attached hydrogen (secondary N) is 2. The molecule has 0 unspecified atom stereocenters. The van der Waals surface area contributed by atoms with E-state index in [-0.39, 0.29) is 10.6 Å². The van der Waals surface area contributed by atoms with E-state index in [2.05, 4.69) is 10.6 Å². The van der Waals surface area contributed by atoms with Crippen LogP contribution in [-0.2, 0) is 15.6 Å². The lowest BCUT2D eigenvalue weighted by atomic mass is 10.1. The normalized spacial score (nSPS) is 11.2. The molecule has 5 nitrogen and oxygen atoms in total. The summed E-state index contributed by atoms with van der Waals surface area (Å²) in [5, 5.41) is 6.02. The van der Waals surface area contributed by atoms with Gasteiger partial charge in [0.25, 0.3) is 0 Å². The second-order valence-corrected chi connectivity index (χ2v) is 9.64. The Morgan fingerprint density at radius 1 is 0.800 bits per heavy atom. The Balaban J connectivity index is 1.77. The molecule has 2 N–H and O–H groups in total. The van der Waals surface area contributed by atoms with Crippen molar-refractivity contribution < 1.29 is 13.2 Å². The molecule has 0 radical (unpaired) electrons. The van der Waals surface area contributed by atoms with Crippen molar-refractivity contribution in [2.45, 2.75) is 31.4 Å². The predicted octanol–water partition coefficient (Wildman–Crippen LogP) is 5.88. The maximum absolute atomic E-state index is 12.9. The van der Waals surface area contributed by atoms with Crippen LogP contribution in [0.15, 0.2) is 65.6 Å². The van der Waals surface area contributed by atoms with Gasteiger partial charge in [0, 0.05) is 16.4 Å². The molecule has 0 aliphatic carbocycles. The van der Waals surface area contributed by atoms with Gasteiger partial charge in [-0.25, -0.2) is 13.2 Å². The first-order valence-corrected chi connectivity index (χ1v) is 11.4. The standard InChI is InChI=1S/C23H23ClN2O3S/c1-15-4-10-20(12-17(15)3)25-23(27)26-21-11-5-16(2)22(13-21)30(28,29)14-18-6-8-19(24)9-7-18/h4-13H,14H2,1-3H3,(H2,25,26,27). The van der Waals surface area contributed by atoms with E-state index in [4.69, 9.17) is 11.6 Å². The Morgan fingerprint density at radius 2 is 1.37 bits per heavy atom. The number of benzene rings is 3. The number of sulfone groups is 1. The quantitative estimate of drug-likeness (QED) is 0.517. The lowest BCUT2D eigenvalue weighted by Crippen LogP contribution is -2.20. The van der Waals surface area contributed by atoms with Crippen molar-refractivity contribution in [3.05, 3.63) is 87.9 Å². The third-order valence-electron chi connectivity index (χ3n) is 4.82. The fraction of sp³-hybridized carbons (Fsp3) is 0.174. The zero-order chi connectivity index (χ0) is 21.9. The molecule has 30 heavy (non-hydrogen) atoms. The van der Waals surface area contributed by atoms with E-state index >= 15 is 0 Å². The average molecular weight is 443 g/mol. The molecule has 3 rings (SSSR count). The SMILES string of the molecule is Cc1ccc(NC(=O)Nc2ccc(C)c(S(=O)(=O)Cc3ccc(Cl)cc3)c2)cc1C. The molecule has 0 bridgehead atoms. The highest BCUT2D eigenvalue weighted by Crippen LogP contribution is 2.25. The maximum Gasteiger partial charge on any atom is 0.323 e. The Morgan fingerprint density at radius 3 is 1.97 bits per heavy atom. The number of anilines is 2. The minimum atomic E-state index is -3.60. The van der Waals surface area contributed by atoms with Gasteiger partial charge in [0.15, 0.2) is 9.84 Å². The molecule has 0 aliphatic rings. The number of carbonyl (C=O) groups is 1. The van der Waals surface area contributed by atoms with Crippen LogP contribution in [0.4, 0.5) is 16.2 Å². The van der Waals surface area contributed by atoms with E-state index in [9.17, 15) is 13.2 Å². The molecule has 0 aliphatic heterocycles. The van der Waals surface area contributed by atoms with E-state index in [1.165, 1.54) is 6.07 Å². The van der Waals surface area contributed by atoms with Crippen LogP contribution in [0.2, 0.25) is 5.02 Å². The summed E-state index contributed by atoms with van der Waals surface area (Å²) in [6.45, 7) is 5.70. The topological polar surface area (TPSA) is 75.3 Å². The van der Waals surface area contributed by atoms with Crippen LogP contribution in [0.25, 0.3) is 0 Å². The Bertz CT molecular complexity index is 1190. The second kappa shape index (κ2) is 8.90. The lowest BCUT2D eigenvalue weighted by Gasteiger charge is -2.12. The molecule has 7 heteroatoms. The van der Waals surface area contributed by atoms with Crippen molar-refractivity contribution >= 4 is 38.8 Å². The Labute approximate surface area is 182 Å². The molecule has 0 saturated heterocycles. The largest absolute Gasteiger partial charge is 0.323 e. The molecular weight excluding hydrogens is 420 g/mol. The van der Waals surface area contributed by atoms with Gasteiger partial charge in [0.05, 0.1) is 10.6 Å². The molecule has 3 aromatic carbocycles. The molecule has 0 aromatic heterocycles. The zero-order valence-electron chi connectivity index (χ0n) is 17.0. The summed E-state index contributed by atoms with van der Waals surface area (Å²) in [4.78, 5) is 12.5. The van der Waals surface area contributed by atoms with Crippen molar-refractivity contribution in [2.75, 3.05) is 10.6 Å². The fourth-order valence-electron chi connectivity index (χ4n) is 3.00. The number of urea groups is 1. The zero-order valence-corrected chi connectivity index (χ0v) is 18.6. The molecule has 3 aromatic rings. The van der Waals surface area contributed by atoms with Gasteiger partial charge in [-0.15, -0.1) is 0 Å². The van der Waals surface area contributed by atoms with Crippen LogP contribution in [0.3, 0.4) is 0 Å². The number of aryl methyl sites for hydroxylation is 3. The van der Waals surface area contributed by atoms with Gasteiger partial charge in [0.2, 0.25) is 0 Å². The monoisotopic (exact) mass is 442 g/mol. The van der Waals surface area contributed by atoms with E-state index < -0.39 is 15.9 Å². The van der Waals surface area contributed by atoms with Crippen molar-refractivity contribution in [3.63, 3.8) is 0 Å². The molecule has 156 valence electrons. The second-order valence-electron chi connectivity index (χ2n) is 7.24. The minimum Gasteiger partial charge on any atom is -0.308 e. The number of amides is 2. The van der Waals surface area contributed by atoms with Crippen LogP contribution in [0.5, 0.6) is 0 Å². The van der Waals surface area contributed by atoms with Crippen molar-refractivity contribution in [2.24, 2.45) is 0 Å². The van der Waals surface area contributed by atoms with Crippen LogP contribution in [0.1, 0.15) is 22.3 Å². The summed E-state index contributed by atoms with van der Waals surface area (Å²) < 4.78 is 25.9. The highest BCUT2D eigenvalue weighted by Gasteiger charge is 2.19. The first-order chi connectivity index (χ1) is 14.1. The van der Waals surface area contributed by atoms with Gasteiger partial charge < -0.3 is 10.6 Å². The Hall–Kier alpha value is -2.83. The van der Waals surface area contributed by atoms with Crippen molar-refractivity contribution in [3.8, 4) is 0 Å². The molecular formula is C23H23ClN2O3S. The Kier molecular flexibility index (Phi) is 6.48. The summed E-state index contributed by atoms with van der Waals surface area (Å²) in [6.07, 6.45) is 0. The van der Waals surface area contributed by atoms with Crippen molar-refractivity contribution in [1.82, 2.24) is 0 Å². The molecule has 0 heterocycles. The fourth-order valence-corrected chi connectivity index (χ4v) is 4.78. The van der Waals surface area contributed by atoms with E-state index in [0.717, 1.165) is 11.1 Å². The molecule has 0 fully saturated rings. The molecule has 2 amide bonds. The molecule has 0 atom stereocenters. The van der Waals surface area contributed by atoms with Gasteiger partial charge in [-0.3, -0.25) is 0 Å². The number of hydrogen-bond acceptors (Lipinski definition) is 3. The van der Waals surface area contributed by atoms with Crippen LogP contribution >= 0.6 is 11.6 Å². The number of carbonyl (C=O) groups excluding carboxylic acids is 1. The van der Waals surface area contributed by atoms with Gasteiger partial charge in [-0.2, -0.15) is 0 Å². The third kappa shape index (κ3) is 5.40. The highest BCUT2D eigenvalue weighted by atomic mass is 35.5. The molecule has 0 saturated carbocycles. The summed E-state index contributed by atoms with van der Waals surface area (Å²) in [6, 6.07) is 16.7. The van der Waals surface area contributed by atoms with E-state index in [1.54, 1.807) is 43.3 Å². The summed E-state index contributed by atoms with van der Waals surface area (Å²) in [5.74, 6) is -0.150. The van der Waals surface area contributed by atoms with Gasteiger partial charge in [-0.05, 0) is 79.4 Å². The molecule has 0 spiro atoms. The number of halogens is 1. The van der Waals surface area contributed by atoms with Gasteiger partial charge in [0.1, 0.15) is 0 Å². The predicted molar refractivity (Wildman–Crippen MR) is 122 cm³/mol. The van der Waals surface area contributed by atoms with Crippen LogP contribution < -0.4 is 10.6 Å². The van der Waals surface area contributed by atoms with E-state index in [0.29, 0.717) is 27.5 Å². The first-order valence-electron chi connectivity index (χ1n) is 9.37. The summed E-state index contributed by atoms with van der Waals surface area (Å²) >= 11 is 5.87. The average Bonchev–Trinajstić information content (AvgIpc) is 2.68. The number of hydrogen-bond donors (Lipinski definition) is 2. The lowest BCUT2D eigenvalue weighted by molar-refractivity contribution is 0.262. The van der Waals surface area contributed by atoms with Gasteiger partial charge >= 0.3 is 6.03 Å². The maximum atomic E-state index is 12.9. The highest BCUT2D eigenvalue weighted by molar-refractivity contribution is 7.90.